The van der Waals surface area contributed by atoms with Gasteiger partial charge >= 0.3 is 0 Å². The third-order valence-electron chi connectivity index (χ3n) is 5.72. The summed E-state index contributed by atoms with van der Waals surface area (Å²) >= 11 is 6.07. The summed E-state index contributed by atoms with van der Waals surface area (Å²) in [5.41, 5.74) is 1.99. The van der Waals surface area contributed by atoms with E-state index in [2.05, 4.69) is 18.1 Å². The van der Waals surface area contributed by atoms with Crippen LogP contribution in [0.3, 0.4) is 0 Å². The summed E-state index contributed by atoms with van der Waals surface area (Å²) in [5, 5.41) is 0.695. The van der Waals surface area contributed by atoms with Crippen LogP contribution in [-0.4, -0.2) is 27.5 Å². The molecule has 1 saturated carbocycles. The highest BCUT2D eigenvalue weighted by atomic mass is 35.5. The quantitative estimate of drug-likeness (QED) is 0.462. The number of halogens is 2. The highest BCUT2D eigenvalue weighted by molar-refractivity contribution is 6.30. The molecule has 2 aromatic carbocycles. The first-order chi connectivity index (χ1) is 14.6. The molecule has 3 aromatic rings. The summed E-state index contributed by atoms with van der Waals surface area (Å²) in [7, 11) is 2.19. The number of imidazole rings is 1. The zero-order chi connectivity index (χ0) is 20.9. The maximum atomic E-state index is 13.2. The number of rotatable bonds is 7. The predicted molar refractivity (Wildman–Crippen MR) is 118 cm³/mol. The number of hydrogen-bond acceptors (Lipinski definition) is 3. The Balaban J connectivity index is 1.54. The first kappa shape index (κ1) is 20.9. The highest BCUT2D eigenvalue weighted by Gasteiger charge is 2.20. The molecule has 0 N–H and O–H groups in total. The SMILES string of the molecule is CN(Cc1cn(-c2ccc(Cl)cc2)c(COc2ccc(F)cc2)n1)C1CCCCC1. The van der Waals surface area contributed by atoms with E-state index in [0.717, 1.165) is 23.8 Å². The molecule has 0 spiro atoms. The molecule has 0 amide bonds. The average molecular weight is 428 g/mol. The van der Waals surface area contributed by atoms with Crippen molar-refractivity contribution in [3.05, 3.63) is 77.1 Å². The maximum Gasteiger partial charge on any atom is 0.151 e. The van der Waals surface area contributed by atoms with Gasteiger partial charge in [-0.05, 0) is 68.4 Å². The number of ether oxygens (including phenoxy) is 1. The lowest BCUT2D eigenvalue weighted by atomic mass is 9.94. The molecule has 4 rings (SSSR count). The van der Waals surface area contributed by atoms with Crippen molar-refractivity contribution in [2.45, 2.75) is 51.3 Å². The Morgan fingerprint density at radius 1 is 1.07 bits per heavy atom. The van der Waals surface area contributed by atoms with Gasteiger partial charge in [-0.2, -0.15) is 0 Å². The molecule has 0 unspecified atom stereocenters. The van der Waals surface area contributed by atoms with Crippen LogP contribution < -0.4 is 4.74 Å². The fourth-order valence-electron chi connectivity index (χ4n) is 4.06. The third kappa shape index (κ3) is 5.21. The molecule has 1 aliphatic carbocycles. The zero-order valence-corrected chi connectivity index (χ0v) is 18.0. The molecule has 0 saturated heterocycles. The molecule has 0 bridgehead atoms. The molecule has 0 radical (unpaired) electrons. The molecule has 158 valence electrons. The summed E-state index contributed by atoms with van der Waals surface area (Å²) < 4.78 is 21.1. The van der Waals surface area contributed by atoms with Gasteiger partial charge in [0.25, 0.3) is 0 Å². The lowest BCUT2D eigenvalue weighted by molar-refractivity contribution is 0.183. The molecule has 6 heteroatoms. The van der Waals surface area contributed by atoms with Crippen molar-refractivity contribution in [2.24, 2.45) is 0 Å². The number of nitrogens with zero attached hydrogens (tertiary/aromatic N) is 3. The molecule has 4 nitrogen and oxygen atoms in total. The Labute approximate surface area is 182 Å². The van der Waals surface area contributed by atoms with Crippen molar-refractivity contribution in [2.75, 3.05) is 7.05 Å². The van der Waals surface area contributed by atoms with E-state index in [1.807, 2.05) is 28.8 Å². The van der Waals surface area contributed by atoms with Gasteiger partial charge in [0.1, 0.15) is 18.2 Å². The summed E-state index contributed by atoms with van der Waals surface area (Å²) in [6, 6.07) is 14.4. The largest absolute Gasteiger partial charge is 0.486 e. The molecule has 1 fully saturated rings. The molecule has 0 atom stereocenters. The fraction of sp³-hybridized carbons (Fsp3) is 0.375. The molecule has 30 heavy (non-hydrogen) atoms. The van der Waals surface area contributed by atoms with Crippen molar-refractivity contribution in [3.8, 4) is 11.4 Å². The second-order valence-electron chi connectivity index (χ2n) is 7.94. The van der Waals surface area contributed by atoms with Crippen molar-refractivity contribution < 1.29 is 9.13 Å². The number of benzene rings is 2. The van der Waals surface area contributed by atoms with Crippen LogP contribution in [0.4, 0.5) is 4.39 Å². The molecule has 1 aromatic heterocycles. The van der Waals surface area contributed by atoms with Crippen LogP contribution in [0.5, 0.6) is 5.75 Å². The fourth-order valence-corrected chi connectivity index (χ4v) is 4.19. The monoisotopic (exact) mass is 427 g/mol. The standard InChI is InChI=1S/C24H27ClFN3O/c1-28(21-5-3-2-4-6-21)15-20-16-29(22-11-7-18(25)8-12-22)24(27-20)17-30-23-13-9-19(26)10-14-23/h7-14,16,21H,2-6,15,17H2,1H3. The summed E-state index contributed by atoms with van der Waals surface area (Å²) in [6.07, 6.45) is 8.56. The van der Waals surface area contributed by atoms with Crippen LogP contribution in [0, 0.1) is 5.82 Å². The topological polar surface area (TPSA) is 30.3 Å². The van der Waals surface area contributed by atoms with Gasteiger partial charge in [-0.1, -0.05) is 30.9 Å². The molecular weight excluding hydrogens is 401 g/mol. The van der Waals surface area contributed by atoms with Crippen LogP contribution in [0.1, 0.15) is 43.6 Å². The Kier molecular flexibility index (Phi) is 6.70. The van der Waals surface area contributed by atoms with E-state index in [1.54, 1.807) is 12.1 Å². The van der Waals surface area contributed by atoms with Crippen molar-refractivity contribution in [3.63, 3.8) is 0 Å². The lowest BCUT2D eigenvalue weighted by Gasteiger charge is -2.30. The highest BCUT2D eigenvalue weighted by Crippen LogP contribution is 2.24. The van der Waals surface area contributed by atoms with Crippen LogP contribution in [0.2, 0.25) is 5.02 Å². The second-order valence-corrected chi connectivity index (χ2v) is 8.38. The van der Waals surface area contributed by atoms with Gasteiger partial charge in [-0.3, -0.25) is 4.90 Å². The molecular formula is C24H27ClFN3O. The van der Waals surface area contributed by atoms with Crippen molar-refractivity contribution in [1.82, 2.24) is 14.5 Å². The van der Waals surface area contributed by atoms with Gasteiger partial charge in [0.15, 0.2) is 5.82 Å². The summed E-state index contributed by atoms with van der Waals surface area (Å²) in [4.78, 5) is 7.28. The minimum absolute atomic E-state index is 0.280. The van der Waals surface area contributed by atoms with E-state index in [0.29, 0.717) is 23.4 Å². The van der Waals surface area contributed by atoms with Gasteiger partial charge in [0.05, 0.1) is 5.69 Å². The van der Waals surface area contributed by atoms with Crippen molar-refractivity contribution >= 4 is 11.6 Å². The number of aromatic nitrogens is 2. The van der Waals surface area contributed by atoms with Gasteiger partial charge in [0.2, 0.25) is 0 Å². The average Bonchev–Trinajstić information content (AvgIpc) is 3.17. The minimum atomic E-state index is -0.280. The smallest absolute Gasteiger partial charge is 0.151 e. The van der Waals surface area contributed by atoms with Gasteiger partial charge in [-0.15, -0.1) is 0 Å². The minimum Gasteiger partial charge on any atom is -0.486 e. The second kappa shape index (κ2) is 9.63. The summed E-state index contributed by atoms with van der Waals surface area (Å²) in [5.74, 6) is 1.13. The maximum absolute atomic E-state index is 13.2. The Bertz CT molecular complexity index is 950. The third-order valence-corrected chi connectivity index (χ3v) is 5.98. The predicted octanol–water partition coefficient (Wildman–Crippen LogP) is 6.01. The van der Waals surface area contributed by atoms with E-state index in [-0.39, 0.29) is 5.82 Å². The normalized spacial score (nSPS) is 14.9. The Morgan fingerprint density at radius 3 is 2.47 bits per heavy atom. The van der Waals surface area contributed by atoms with Crippen molar-refractivity contribution in [1.29, 1.82) is 0 Å². The van der Waals surface area contributed by atoms with Crippen LogP contribution in [0.25, 0.3) is 5.69 Å². The van der Waals surface area contributed by atoms with E-state index in [1.165, 1.54) is 44.2 Å². The van der Waals surface area contributed by atoms with Crippen LogP contribution in [-0.2, 0) is 13.2 Å². The van der Waals surface area contributed by atoms with E-state index in [9.17, 15) is 4.39 Å². The Morgan fingerprint density at radius 2 is 1.77 bits per heavy atom. The Hall–Kier alpha value is -2.37. The van der Waals surface area contributed by atoms with Crippen LogP contribution >= 0.6 is 11.6 Å². The first-order valence-corrected chi connectivity index (χ1v) is 10.9. The van der Waals surface area contributed by atoms with Gasteiger partial charge in [0, 0.05) is 29.5 Å². The van der Waals surface area contributed by atoms with E-state index < -0.39 is 0 Å². The van der Waals surface area contributed by atoms with E-state index in [4.69, 9.17) is 21.3 Å². The summed E-state index contributed by atoms with van der Waals surface area (Å²) in [6.45, 7) is 1.09. The van der Waals surface area contributed by atoms with Gasteiger partial charge < -0.3 is 9.30 Å². The van der Waals surface area contributed by atoms with E-state index >= 15 is 0 Å². The lowest BCUT2D eigenvalue weighted by Crippen LogP contribution is -2.32. The van der Waals surface area contributed by atoms with Gasteiger partial charge in [-0.25, -0.2) is 9.37 Å². The number of hydrogen-bond donors (Lipinski definition) is 0. The van der Waals surface area contributed by atoms with Crippen LogP contribution in [0.15, 0.2) is 54.7 Å². The zero-order valence-electron chi connectivity index (χ0n) is 17.2. The molecule has 1 aliphatic rings. The molecule has 0 aliphatic heterocycles. The first-order valence-electron chi connectivity index (χ1n) is 10.5. The molecule has 1 heterocycles.